The van der Waals surface area contributed by atoms with Crippen LogP contribution < -0.4 is 0 Å². The van der Waals surface area contributed by atoms with E-state index in [9.17, 15) is 5.26 Å². The largest absolute Gasteiger partial charge is 0.309 e. The fraction of sp³-hybridized carbons (Fsp3) is 0. The second kappa shape index (κ2) is 14.6. The van der Waals surface area contributed by atoms with Gasteiger partial charge in [0, 0.05) is 49.6 Å². The highest BCUT2D eigenvalue weighted by Gasteiger charge is 2.19. The second-order valence-electron chi connectivity index (χ2n) is 15.1. The van der Waals surface area contributed by atoms with E-state index >= 15 is 0 Å². The minimum atomic E-state index is 0.406. The van der Waals surface area contributed by atoms with E-state index in [1.807, 2.05) is 78.9 Å². The molecule has 8 aromatic carbocycles. The van der Waals surface area contributed by atoms with Crippen molar-refractivity contribution < 1.29 is 0 Å². The Labute approximate surface area is 356 Å². The third-order valence-corrected chi connectivity index (χ3v) is 11.7. The van der Waals surface area contributed by atoms with Crippen molar-refractivity contribution in [2.24, 2.45) is 0 Å². The van der Waals surface area contributed by atoms with Crippen LogP contribution in [0.4, 0.5) is 11.4 Å². The van der Waals surface area contributed by atoms with Crippen molar-refractivity contribution >= 4 is 55.0 Å². The molecule has 0 saturated carbocycles. The van der Waals surface area contributed by atoms with Gasteiger partial charge in [0.25, 0.3) is 0 Å². The molecule has 0 N–H and O–H groups in total. The number of para-hydroxylation sites is 5. The molecule has 3 heterocycles. The van der Waals surface area contributed by atoms with Gasteiger partial charge in [-0.3, -0.25) is 0 Å². The Hall–Kier alpha value is -9.09. The Morgan fingerprint density at radius 3 is 1.53 bits per heavy atom. The number of rotatable bonds is 6. The van der Waals surface area contributed by atoms with Gasteiger partial charge in [-0.1, -0.05) is 133 Å². The fourth-order valence-corrected chi connectivity index (χ4v) is 8.82. The molecule has 0 amide bonds. The zero-order valence-electron chi connectivity index (χ0n) is 33.0. The number of nitrogens with zero attached hydrogens (tertiary/aromatic N) is 7. The molecule has 11 rings (SSSR count). The van der Waals surface area contributed by atoms with Crippen molar-refractivity contribution in [3.63, 3.8) is 0 Å². The molecule has 0 bridgehead atoms. The minimum absolute atomic E-state index is 0.406. The summed E-state index contributed by atoms with van der Waals surface area (Å²) in [7, 11) is 0. The number of benzene rings is 8. The van der Waals surface area contributed by atoms with Gasteiger partial charge in [0.1, 0.15) is 5.82 Å². The van der Waals surface area contributed by atoms with E-state index in [2.05, 4.69) is 122 Å². The van der Waals surface area contributed by atoms with E-state index in [0.29, 0.717) is 45.3 Å². The number of nitriles is 1. The monoisotopic (exact) mass is 789 g/mol. The predicted octanol–water partition coefficient (Wildman–Crippen LogP) is 14.3. The van der Waals surface area contributed by atoms with E-state index in [4.69, 9.17) is 23.1 Å². The van der Waals surface area contributed by atoms with Gasteiger partial charge in [0.05, 0.1) is 58.2 Å². The molecule has 7 nitrogen and oxygen atoms in total. The van der Waals surface area contributed by atoms with E-state index in [-0.39, 0.29) is 0 Å². The van der Waals surface area contributed by atoms with Gasteiger partial charge in [-0.05, 0) is 65.7 Å². The summed E-state index contributed by atoms with van der Waals surface area (Å²) < 4.78 is 4.59. The van der Waals surface area contributed by atoms with Crippen molar-refractivity contribution in [2.75, 3.05) is 0 Å². The quantitative estimate of drug-likeness (QED) is 0.158. The summed E-state index contributed by atoms with van der Waals surface area (Å²) in [5.41, 5.74) is 13.0. The number of aromatic nitrogens is 4. The van der Waals surface area contributed by atoms with Crippen LogP contribution in [-0.4, -0.2) is 19.1 Å². The van der Waals surface area contributed by atoms with Gasteiger partial charge in [-0.2, -0.15) is 5.26 Å². The molecular weight excluding hydrogens is 759 g/mol. The summed E-state index contributed by atoms with van der Waals surface area (Å²) in [5, 5.41) is 15.3. The molecule has 286 valence electrons. The van der Waals surface area contributed by atoms with E-state index in [1.54, 1.807) is 12.1 Å². The molecule has 0 saturated heterocycles. The molecule has 0 unspecified atom stereocenters. The lowest BCUT2D eigenvalue weighted by atomic mass is 9.97. The maximum atomic E-state index is 10.6. The molecule has 0 atom stereocenters. The van der Waals surface area contributed by atoms with Gasteiger partial charge in [-0.25, -0.2) is 19.7 Å². The first kappa shape index (κ1) is 36.0. The van der Waals surface area contributed by atoms with Crippen molar-refractivity contribution in [1.29, 1.82) is 5.26 Å². The van der Waals surface area contributed by atoms with Crippen LogP contribution in [0.2, 0.25) is 0 Å². The topological polar surface area (TPSA) is 68.2 Å². The Morgan fingerprint density at radius 1 is 0.419 bits per heavy atom. The average Bonchev–Trinajstić information content (AvgIpc) is 3.86. The molecule has 0 fully saturated rings. The average molecular weight is 790 g/mol. The molecule has 0 aliphatic carbocycles. The summed E-state index contributed by atoms with van der Waals surface area (Å²) in [6.45, 7) is 15.6. The van der Waals surface area contributed by atoms with Crippen LogP contribution in [-0.2, 0) is 0 Å². The zero-order valence-corrected chi connectivity index (χ0v) is 33.0. The lowest BCUT2D eigenvalue weighted by molar-refractivity contribution is 1.16. The molecule has 0 radical (unpaired) electrons. The fourth-order valence-electron chi connectivity index (χ4n) is 8.82. The second-order valence-corrected chi connectivity index (χ2v) is 15.1. The predicted molar refractivity (Wildman–Crippen MR) is 250 cm³/mol. The van der Waals surface area contributed by atoms with Gasteiger partial charge in [-0.15, -0.1) is 0 Å². The van der Waals surface area contributed by atoms with Crippen molar-refractivity contribution in [1.82, 2.24) is 19.1 Å². The molecule has 62 heavy (non-hydrogen) atoms. The van der Waals surface area contributed by atoms with Crippen LogP contribution in [0.25, 0.3) is 110 Å². The highest BCUT2D eigenvalue weighted by Crippen LogP contribution is 2.39. The summed E-state index contributed by atoms with van der Waals surface area (Å²) in [6, 6.07) is 65.3. The molecule has 3 aromatic heterocycles. The van der Waals surface area contributed by atoms with Gasteiger partial charge < -0.3 is 9.13 Å². The van der Waals surface area contributed by atoms with Crippen molar-refractivity contribution in [3.05, 3.63) is 216 Å². The third-order valence-electron chi connectivity index (χ3n) is 11.7. The Kier molecular flexibility index (Phi) is 8.50. The van der Waals surface area contributed by atoms with Crippen LogP contribution in [0.3, 0.4) is 0 Å². The summed E-state index contributed by atoms with van der Waals surface area (Å²) in [4.78, 5) is 17.3. The van der Waals surface area contributed by atoms with Crippen LogP contribution >= 0.6 is 0 Å². The van der Waals surface area contributed by atoms with Crippen molar-refractivity contribution in [3.8, 4) is 62.5 Å². The lowest BCUT2D eigenvalue weighted by Crippen LogP contribution is -1.97. The van der Waals surface area contributed by atoms with E-state index in [1.165, 1.54) is 10.8 Å². The maximum absolute atomic E-state index is 10.6. The third kappa shape index (κ3) is 5.80. The molecule has 0 spiro atoms. The van der Waals surface area contributed by atoms with Crippen LogP contribution in [0.1, 0.15) is 5.56 Å². The Bertz CT molecular complexity index is 3610. The summed E-state index contributed by atoms with van der Waals surface area (Å²) >= 11 is 0. The van der Waals surface area contributed by atoms with Gasteiger partial charge >= 0.3 is 0 Å². The number of hydrogen-bond acceptors (Lipinski definition) is 3. The molecule has 0 aliphatic heterocycles. The smallest absolute Gasteiger partial charge is 0.198 e. The maximum Gasteiger partial charge on any atom is 0.198 e. The number of fused-ring (bicyclic) bond motifs is 6. The highest BCUT2D eigenvalue weighted by molar-refractivity contribution is 6.12. The molecule has 0 aliphatic rings. The normalized spacial score (nSPS) is 11.2. The number of hydrogen-bond donors (Lipinski definition) is 0. The highest BCUT2D eigenvalue weighted by atomic mass is 15.0. The molecule has 11 aromatic rings. The SMILES string of the molecule is [C-]#[N+]c1ccccc1-c1cc(-c2ccc(-c3ccc(-n4c5ccccc5c5cc(-n6c7ccccc7c7ccccc76)ccc54)cc3C#N)cc2)nc(-c2ccccc2[N+]#[C-])n1. The summed E-state index contributed by atoms with van der Waals surface area (Å²) in [5.74, 6) is 0.406. The van der Waals surface area contributed by atoms with E-state index < -0.39 is 0 Å². The zero-order chi connectivity index (χ0) is 41.7. The standard InChI is InChI=1S/C55H31N7/c1-57-47-18-8-3-16-44(47)50-33-49(59-55(60-50)45-17-4-9-19-48(45)58-2)36-25-23-35(24-26-36)40-29-27-38(31-37(40)34-56)61-53-22-12-7-15-43(53)46-32-39(28-30-54(46)61)62-51-20-10-5-13-41(51)42-14-6-11-21-52(42)62/h3-33H. The Morgan fingerprint density at radius 2 is 0.903 bits per heavy atom. The minimum Gasteiger partial charge on any atom is -0.309 e. The first-order chi connectivity index (χ1) is 30.6. The molecular formula is C55H31N7. The van der Waals surface area contributed by atoms with Crippen LogP contribution in [0, 0.1) is 24.5 Å². The Balaban J connectivity index is 0.991. The van der Waals surface area contributed by atoms with Gasteiger partial charge in [0.15, 0.2) is 11.4 Å². The van der Waals surface area contributed by atoms with Crippen LogP contribution in [0.15, 0.2) is 188 Å². The van der Waals surface area contributed by atoms with Crippen LogP contribution in [0.5, 0.6) is 0 Å². The first-order valence-electron chi connectivity index (χ1n) is 20.1. The molecule has 7 heteroatoms. The van der Waals surface area contributed by atoms with E-state index in [0.717, 1.165) is 60.9 Å². The van der Waals surface area contributed by atoms with Gasteiger partial charge in [0.2, 0.25) is 0 Å². The lowest BCUT2D eigenvalue weighted by Gasteiger charge is -2.13. The first-order valence-corrected chi connectivity index (χ1v) is 20.1. The summed E-state index contributed by atoms with van der Waals surface area (Å²) in [6.07, 6.45) is 0. The van der Waals surface area contributed by atoms with Crippen molar-refractivity contribution in [2.45, 2.75) is 0 Å².